The lowest BCUT2D eigenvalue weighted by atomic mass is 10.1. The molecule has 0 aromatic heterocycles. The van der Waals surface area contributed by atoms with Crippen molar-refractivity contribution in [3.05, 3.63) is 65.7 Å². The number of hydrogen-bond acceptors (Lipinski definition) is 3. The maximum Gasteiger partial charge on any atom is 0.221 e. The van der Waals surface area contributed by atoms with Crippen molar-refractivity contribution in [2.75, 3.05) is 5.32 Å². The van der Waals surface area contributed by atoms with Crippen molar-refractivity contribution in [3.63, 3.8) is 0 Å². The Morgan fingerprint density at radius 2 is 1.90 bits per heavy atom. The molecule has 0 fully saturated rings. The maximum atomic E-state index is 11.1. The van der Waals surface area contributed by atoms with Crippen LogP contribution in [-0.2, 0) is 16.2 Å². The Morgan fingerprint density at radius 1 is 1.14 bits per heavy atom. The summed E-state index contributed by atoms with van der Waals surface area (Å²) in [4.78, 5) is 16.6. The van der Waals surface area contributed by atoms with E-state index in [2.05, 4.69) is 10.8 Å². The number of rotatable bonds is 6. The van der Waals surface area contributed by atoms with Gasteiger partial charge in [0.25, 0.3) is 0 Å². The highest BCUT2D eigenvalue weighted by Gasteiger charge is 2.06. The summed E-state index contributed by atoms with van der Waals surface area (Å²) in [6.07, 6.45) is 0. The fourth-order valence-electron chi connectivity index (χ4n) is 1.98. The van der Waals surface area contributed by atoms with Gasteiger partial charge in [-0.15, -0.1) is 0 Å². The average molecular weight is 284 g/mol. The summed E-state index contributed by atoms with van der Waals surface area (Å²) >= 11 is 0. The van der Waals surface area contributed by atoms with Gasteiger partial charge in [0.1, 0.15) is 0 Å². The van der Waals surface area contributed by atoms with E-state index in [0.717, 1.165) is 16.8 Å². The highest BCUT2D eigenvalue weighted by molar-refractivity contribution is 5.88. The molecule has 1 atom stereocenters. The third kappa shape index (κ3) is 5.02. The van der Waals surface area contributed by atoms with Gasteiger partial charge in [0, 0.05) is 12.6 Å². The molecule has 0 spiro atoms. The lowest BCUT2D eigenvalue weighted by Crippen LogP contribution is -2.19. The van der Waals surface area contributed by atoms with Gasteiger partial charge in [-0.1, -0.05) is 42.5 Å². The molecule has 0 aliphatic heterocycles. The minimum absolute atomic E-state index is 0.0300. The van der Waals surface area contributed by atoms with Gasteiger partial charge in [-0.3, -0.25) is 9.63 Å². The van der Waals surface area contributed by atoms with E-state index in [9.17, 15) is 4.79 Å². The number of anilines is 1. The van der Waals surface area contributed by atoms with E-state index in [4.69, 9.17) is 4.84 Å². The van der Waals surface area contributed by atoms with Crippen LogP contribution in [0.1, 0.15) is 31.0 Å². The molecule has 0 saturated carbocycles. The summed E-state index contributed by atoms with van der Waals surface area (Å²) in [6.45, 7) is 4.02. The normalized spacial score (nSPS) is 11.9. The average Bonchev–Trinajstić information content (AvgIpc) is 2.48. The molecule has 21 heavy (non-hydrogen) atoms. The molecule has 4 heteroatoms. The highest BCUT2D eigenvalue weighted by Crippen LogP contribution is 2.17. The van der Waals surface area contributed by atoms with Crippen molar-refractivity contribution in [3.8, 4) is 0 Å². The van der Waals surface area contributed by atoms with Crippen LogP contribution in [0.5, 0.6) is 0 Å². The van der Waals surface area contributed by atoms with E-state index in [-0.39, 0.29) is 11.9 Å². The van der Waals surface area contributed by atoms with E-state index in [1.165, 1.54) is 6.92 Å². The van der Waals surface area contributed by atoms with Crippen molar-refractivity contribution < 1.29 is 9.63 Å². The molecule has 0 aliphatic rings. The number of amides is 1. The Balaban J connectivity index is 1.88. The molecule has 2 rings (SSSR count). The molecular weight excluding hydrogens is 264 g/mol. The van der Waals surface area contributed by atoms with Crippen LogP contribution in [0.3, 0.4) is 0 Å². The van der Waals surface area contributed by atoms with Crippen LogP contribution < -0.4 is 10.8 Å². The standard InChI is InChI=1S/C17H20N2O2/c1-13(19-21-12-15-7-4-3-5-8-15)16-9-6-10-17(11-16)18-14(2)20/h3-11,13,19H,12H2,1-2H3,(H,18,20). The molecule has 2 aromatic carbocycles. The summed E-state index contributed by atoms with van der Waals surface area (Å²) in [7, 11) is 0. The monoisotopic (exact) mass is 284 g/mol. The molecule has 0 bridgehead atoms. The molecule has 1 amide bonds. The molecule has 0 saturated heterocycles. The Hall–Kier alpha value is -2.17. The van der Waals surface area contributed by atoms with Gasteiger partial charge in [0.15, 0.2) is 0 Å². The third-order valence-corrected chi connectivity index (χ3v) is 3.05. The van der Waals surface area contributed by atoms with Crippen molar-refractivity contribution in [1.29, 1.82) is 0 Å². The van der Waals surface area contributed by atoms with Crippen molar-refractivity contribution in [2.24, 2.45) is 0 Å². The molecule has 4 nitrogen and oxygen atoms in total. The molecule has 0 radical (unpaired) electrons. The first kappa shape index (κ1) is 15.2. The Labute approximate surface area is 125 Å². The summed E-state index contributed by atoms with van der Waals surface area (Å²) in [5.74, 6) is -0.0758. The second-order valence-corrected chi connectivity index (χ2v) is 4.92. The second kappa shape index (κ2) is 7.57. The first-order valence-corrected chi connectivity index (χ1v) is 6.94. The summed E-state index contributed by atoms with van der Waals surface area (Å²) < 4.78 is 0. The van der Waals surface area contributed by atoms with Gasteiger partial charge in [0.05, 0.1) is 12.6 Å². The minimum atomic E-state index is -0.0758. The Morgan fingerprint density at radius 3 is 2.62 bits per heavy atom. The zero-order chi connectivity index (χ0) is 15.1. The number of nitrogens with one attached hydrogen (secondary N) is 2. The molecule has 0 aliphatic carbocycles. The largest absolute Gasteiger partial charge is 0.326 e. The van der Waals surface area contributed by atoms with E-state index in [1.54, 1.807) is 0 Å². The van der Waals surface area contributed by atoms with Gasteiger partial charge in [-0.05, 0) is 30.2 Å². The highest BCUT2D eigenvalue weighted by atomic mass is 16.6. The Bertz CT molecular complexity index is 584. The smallest absolute Gasteiger partial charge is 0.221 e. The van der Waals surface area contributed by atoms with Crippen LogP contribution in [0.25, 0.3) is 0 Å². The van der Waals surface area contributed by atoms with Crippen molar-refractivity contribution >= 4 is 11.6 Å². The summed E-state index contributed by atoms with van der Waals surface area (Å²) in [5.41, 5.74) is 5.97. The zero-order valence-corrected chi connectivity index (χ0v) is 12.3. The zero-order valence-electron chi connectivity index (χ0n) is 12.3. The van der Waals surface area contributed by atoms with Crippen LogP contribution in [0.2, 0.25) is 0 Å². The molecule has 1 unspecified atom stereocenters. The molecule has 2 N–H and O–H groups in total. The molecular formula is C17H20N2O2. The summed E-state index contributed by atoms with van der Waals surface area (Å²) in [6, 6.07) is 17.7. The quantitative estimate of drug-likeness (QED) is 0.799. The second-order valence-electron chi connectivity index (χ2n) is 4.92. The van der Waals surface area contributed by atoms with Gasteiger partial charge in [-0.2, -0.15) is 5.48 Å². The van der Waals surface area contributed by atoms with Crippen LogP contribution in [0.4, 0.5) is 5.69 Å². The molecule has 110 valence electrons. The van der Waals surface area contributed by atoms with Crippen LogP contribution >= 0.6 is 0 Å². The third-order valence-electron chi connectivity index (χ3n) is 3.05. The lowest BCUT2D eigenvalue weighted by molar-refractivity contribution is -0.114. The number of hydrogen-bond donors (Lipinski definition) is 2. The van der Waals surface area contributed by atoms with E-state index in [1.807, 2.05) is 61.5 Å². The first-order valence-electron chi connectivity index (χ1n) is 6.94. The fourth-order valence-corrected chi connectivity index (χ4v) is 1.98. The minimum Gasteiger partial charge on any atom is -0.326 e. The van der Waals surface area contributed by atoms with Crippen LogP contribution in [0, 0.1) is 0 Å². The van der Waals surface area contributed by atoms with Gasteiger partial charge >= 0.3 is 0 Å². The number of carbonyl (C=O) groups is 1. The molecule has 2 aromatic rings. The summed E-state index contributed by atoms with van der Waals surface area (Å²) in [5, 5.41) is 2.77. The van der Waals surface area contributed by atoms with E-state index in [0.29, 0.717) is 6.61 Å². The SMILES string of the molecule is CC(=O)Nc1cccc(C(C)NOCc2ccccc2)c1. The predicted octanol–water partition coefficient (Wildman–Crippen LogP) is 3.43. The number of benzene rings is 2. The van der Waals surface area contributed by atoms with Crippen LogP contribution in [0.15, 0.2) is 54.6 Å². The fraction of sp³-hybridized carbons (Fsp3) is 0.235. The Kier molecular flexibility index (Phi) is 5.49. The van der Waals surface area contributed by atoms with E-state index >= 15 is 0 Å². The topological polar surface area (TPSA) is 50.4 Å². The maximum absolute atomic E-state index is 11.1. The van der Waals surface area contributed by atoms with Crippen LogP contribution in [-0.4, -0.2) is 5.91 Å². The van der Waals surface area contributed by atoms with Gasteiger partial charge in [-0.25, -0.2) is 0 Å². The molecule has 0 heterocycles. The van der Waals surface area contributed by atoms with E-state index < -0.39 is 0 Å². The first-order chi connectivity index (χ1) is 10.1. The van der Waals surface area contributed by atoms with Crippen molar-refractivity contribution in [1.82, 2.24) is 5.48 Å². The lowest BCUT2D eigenvalue weighted by Gasteiger charge is -2.15. The van der Waals surface area contributed by atoms with Crippen molar-refractivity contribution in [2.45, 2.75) is 26.5 Å². The van der Waals surface area contributed by atoms with Gasteiger partial charge < -0.3 is 5.32 Å². The number of hydroxylamine groups is 1. The number of carbonyl (C=O) groups excluding carboxylic acids is 1. The predicted molar refractivity (Wildman–Crippen MR) is 83.5 cm³/mol. The van der Waals surface area contributed by atoms with Gasteiger partial charge in [0.2, 0.25) is 5.91 Å².